The molecular formula is C22H23N3O2. The molecule has 27 heavy (non-hydrogen) atoms. The van der Waals surface area contributed by atoms with Crippen LogP contribution in [0.3, 0.4) is 0 Å². The molecule has 2 aromatic carbocycles. The second-order valence-electron chi connectivity index (χ2n) is 7.42. The molecule has 138 valence electrons. The molecule has 2 heterocycles. The molecule has 1 aliphatic heterocycles. The summed E-state index contributed by atoms with van der Waals surface area (Å²) in [6, 6.07) is 12.2. The summed E-state index contributed by atoms with van der Waals surface area (Å²) in [5.74, 6) is 1.14. The van der Waals surface area contributed by atoms with Crippen LogP contribution >= 0.6 is 0 Å². The Hall–Kier alpha value is -2.95. The van der Waals surface area contributed by atoms with Crippen LogP contribution < -0.4 is 4.90 Å². The first-order valence-corrected chi connectivity index (χ1v) is 9.22. The monoisotopic (exact) mass is 361 g/mol. The van der Waals surface area contributed by atoms with Crippen LogP contribution in [0, 0.1) is 27.7 Å². The van der Waals surface area contributed by atoms with E-state index in [1.165, 1.54) is 5.56 Å². The third-order valence-corrected chi connectivity index (χ3v) is 5.25. The third kappa shape index (κ3) is 3.14. The Morgan fingerprint density at radius 1 is 1.04 bits per heavy atom. The molecule has 0 spiro atoms. The van der Waals surface area contributed by atoms with Gasteiger partial charge in [-0.15, -0.1) is 0 Å². The van der Waals surface area contributed by atoms with Gasteiger partial charge in [0.25, 0.3) is 0 Å². The zero-order valence-electron chi connectivity index (χ0n) is 16.1. The van der Waals surface area contributed by atoms with Gasteiger partial charge in [-0.1, -0.05) is 47.1 Å². The number of aromatic nitrogens is 2. The maximum atomic E-state index is 12.7. The fourth-order valence-corrected chi connectivity index (χ4v) is 3.90. The van der Waals surface area contributed by atoms with Gasteiger partial charge < -0.3 is 9.42 Å². The quantitative estimate of drug-likeness (QED) is 0.690. The van der Waals surface area contributed by atoms with Gasteiger partial charge in [0.05, 0.1) is 5.92 Å². The second kappa shape index (κ2) is 6.65. The van der Waals surface area contributed by atoms with Gasteiger partial charge in [-0.3, -0.25) is 4.79 Å². The molecule has 1 unspecified atom stereocenters. The molecule has 0 N–H and O–H groups in total. The predicted octanol–water partition coefficient (Wildman–Crippen LogP) is 4.49. The fourth-order valence-electron chi connectivity index (χ4n) is 3.90. The number of anilines is 1. The molecule has 0 bridgehead atoms. The van der Waals surface area contributed by atoms with Crippen LogP contribution in [0.1, 0.15) is 40.5 Å². The lowest BCUT2D eigenvalue weighted by atomic mass is 10.1. The van der Waals surface area contributed by atoms with Crippen molar-refractivity contribution in [2.45, 2.75) is 40.0 Å². The van der Waals surface area contributed by atoms with Crippen molar-refractivity contribution in [1.29, 1.82) is 0 Å². The van der Waals surface area contributed by atoms with Gasteiger partial charge >= 0.3 is 0 Å². The Kier molecular flexibility index (Phi) is 4.30. The van der Waals surface area contributed by atoms with Gasteiger partial charge in [0, 0.05) is 24.2 Å². The normalized spacial score (nSPS) is 17.0. The van der Waals surface area contributed by atoms with E-state index in [9.17, 15) is 4.79 Å². The minimum atomic E-state index is -0.0801. The molecule has 5 heteroatoms. The number of hydrogen-bond acceptors (Lipinski definition) is 4. The molecule has 1 fully saturated rings. The van der Waals surface area contributed by atoms with E-state index >= 15 is 0 Å². The summed E-state index contributed by atoms with van der Waals surface area (Å²) in [5.41, 5.74) is 6.48. The van der Waals surface area contributed by atoms with Crippen LogP contribution in [0.4, 0.5) is 5.69 Å². The van der Waals surface area contributed by atoms with Crippen molar-refractivity contribution in [1.82, 2.24) is 10.1 Å². The maximum absolute atomic E-state index is 12.7. The lowest BCUT2D eigenvalue weighted by Gasteiger charge is -2.21. The van der Waals surface area contributed by atoms with Crippen LogP contribution in [0.15, 0.2) is 40.9 Å². The van der Waals surface area contributed by atoms with E-state index in [0.29, 0.717) is 24.7 Å². The molecule has 1 aromatic heterocycles. The molecule has 0 aliphatic carbocycles. The van der Waals surface area contributed by atoms with Crippen molar-refractivity contribution >= 4 is 11.6 Å². The van der Waals surface area contributed by atoms with E-state index in [0.717, 1.165) is 27.9 Å². The standard InChI is InChI=1S/C22H23N3O2/c1-13-8-9-18(16(4)10-13)21-23-22(27-24-21)17-11-19(26)25(12-17)20-14(2)6-5-7-15(20)3/h5-10,17H,11-12H2,1-4H3. The van der Waals surface area contributed by atoms with Gasteiger partial charge in [-0.05, 0) is 44.4 Å². The second-order valence-corrected chi connectivity index (χ2v) is 7.42. The Morgan fingerprint density at radius 3 is 2.48 bits per heavy atom. The molecule has 1 saturated heterocycles. The molecule has 0 radical (unpaired) electrons. The number of hydrogen-bond donors (Lipinski definition) is 0. The van der Waals surface area contributed by atoms with Crippen LogP contribution in [0.2, 0.25) is 0 Å². The molecule has 0 saturated carbocycles. The first kappa shape index (κ1) is 17.5. The van der Waals surface area contributed by atoms with Crippen molar-refractivity contribution in [3.8, 4) is 11.4 Å². The van der Waals surface area contributed by atoms with Gasteiger partial charge in [-0.2, -0.15) is 4.98 Å². The lowest BCUT2D eigenvalue weighted by Crippen LogP contribution is -2.26. The average molecular weight is 361 g/mol. The van der Waals surface area contributed by atoms with Crippen LogP contribution in [0.5, 0.6) is 0 Å². The van der Waals surface area contributed by atoms with E-state index < -0.39 is 0 Å². The van der Waals surface area contributed by atoms with Crippen LogP contribution in [-0.2, 0) is 4.79 Å². The van der Waals surface area contributed by atoms with Crippen LogP contribution in [-0.4, -0.2) is 22.6 Å². The molecule has 3 aromatic rings. The topological polar surface area (TPSA) is 59.2 Å². The number of carbonyl (C=O) groups excluding carboxylic acids is 1. The van der Waals surface area contributed by atoms with Crippen LogP contribution in [0.25, 0.3) is 11.4 Å². The van der Waals surface area contributed by atoms with Crippen molar-refractivity contribution in [2.75, 3.05) is 11.4 Å². The number of aryl methyl sites for hydroxylation is 4. The summed E-state index contributed by atoms with van der Waals surface area (Å²) in [5, 5.41) is 4.16. The Balaban J connectivity index is 1.61. The van der Waals surface area contributed by atoms with Gasteiger partial charge in [0.2, 0.25) is 17.6 Å². The number of rotatable bonds is 3. The summed E-state index contributed by atoms with van der Waals surface area (Å²) in [4.78, 5) is 19.1. The van der Waals surface area contributed by atoms with E-state index in [2.05, 4.69) is 23.1 Å². The maximum Gasteiger partial charge on any atom is 0.232 e. The Labute approximate surface area is 159 Å². The van der Waals surface area contributed by atoms with E-state index in [4.69, 9.17) is 4.52 Å². The summed E-state index contributed by atoms with van der Waals surface area (Å²) in [6.07, 6.45) is 0.391. The zero-order chi connectivity index (χ0) is 19.1. The molecule has 1 amide bonds. The molecular weight excluding hydrogens is 338 g/mol. The van der Waals surface area contributed by atoms with Crippen molar-refractivity contribution in [3.05, 3.63) is 64.5 Å². The number of carbonyl (C=O) groups is 1. The number of nitrogens with zero attached hydrogens (tertiary/aromatic N) is 3. The zero-order valence-corrected chi connectivity index (χ0v) is 16.1. The van der Waals surface area contributed by atoms with Gasteiger partial charge in [0.1, 0.15) is 0 Å². The summed E-state index contributed by atoms with van der Waals surface area (Å²) in [6.45, 7) is 8.74. The summed E-state index contributed by atoms with van der Waals surface area (Å²) >= 11 is 0. The van der Waals surface area contributed by atoms with Gasteiger partial charge in [0.15, 0.2) is 0 Å². The average Bonchev–Trinajstić information content (AvgIpc) is 3.22. The third-order valence-electron chi connectivity index (χ3n) is 5.25. The van der Waals surface area contributed by atoms with E-state index in [-0.39, 0.29) is 11.8 Å². The smallest absolute Gasteiger partial charge is 0.232 e. The van der Waals surface area contributed by atoms with Gasteiger partial charge in [-0.25, -0.2) is 0 Å². The molecule has 5 nitrogen and oxygen atoms in total. The first-order chi connectivity index (χ1) is 12.9. The summed E-state index contributed by atoms with van der Waals surface area (Å²) in [7, 11) is 0. The highest BCUT2D eigenvalue weighted by Gasteiger charge is 2.36. The number of amides is 1. The van der Waals surface area contributed by atoms with E-state index in [1.54, 1.807) is 0 Å². The lowest BCUT2D eigenvalue weighted by molar-refractivity contribution is -0.117. The SMILES string of the molecule is Cc1ccc(-c2noc(C3CC(=O)N(c4c(C)cccc4C)C3)n2)c(C)c1. The highest BCUT2D eigenvalue weighted by atomic mass is 16.5. The van der Waals surface area contributed by atoms with Crippen molar-refractivity contribution in [2.24, 2.45) is 0 Å². The summed E-state index contributed by atoms with van der Waals surface area (Å²) < 4.78 is 5.54. The first-order valence-electron chi connectivity index (χ1n) is 9.22. The number of para-hydroxylation sites is 1. The minimum Gasteiger partial charge on any atom is -0.339 e. The molecule has 1 atom stereocenters. The minimum absolute atomic E-state index is 0.0801. The largest absolute Gasteiger partial charge is 0.339 e. The van der Waals surface area contributed by atoms with Crippen molar-refractivity contribution < 1.29 is 9.32 Å². The predicted molar refractivity (Wildman–Crippen MR) is 105 cm³/mol. The Bertz CT molecular complexity index is 1000. The Morgan fingerprint density at radius 2 is 1.78 bits per heavy atom. The van der Waals surface area contributed by atoms with Crippen molar-refractivity contribution in [3.63, 3.8) is 0 Å². The molecule has 1 aliphatic rings. The molecule has 4 rings (SSSR count). The highest BCUT2D eigenvalue weighted by molar-refractivity contribution is 5.97. The fraction of sp³-hybridized carbons (Fsp3) is 0.318. The number of benzene rings is 2. The van der Waals surface area contributed by atoms with E-state index in [1.807, 2.05) is 56.0 Å². The highest BCUT2D eigenvalue weighted by Crippen LogP contribution is 2.35.